The van der Waals surface area contributed by atoms with Gasteiger partial charge in [0.2, 0.25) is 0 Å². The molecule has 1 aliphatic heterocycles. The van der Waals surface area contributed by atoms with Crippen molar-refractivity contribution in [2.24, 2.45) is 22.7 Å². The van der Waals surface area contributed by atoms with Gasteiger partial charge in [0.1, 0.15) is 6.61 Å². The van der Waals surface area contributed by atoms with E-state index in [2.05, 4.69) is 18.8 Å². The van der Waals surface area contributed by atoms with Crippen LogP contribution in [-0.2, 0) is 14.3 Å². The van der Waals surface area contributed by atoms with Crippen molar-refractivity contribution in [1.29, 1.82) is 0 Å². The largest absolute Gasteiger partial charge is 0.458 e. The zero-order valence-corrected chi connectivity index (χ0v) is 20.0. The van der Waals surface area contributed by atoms with Gasteiger partial charge in [0, 0.05) is 11.1 Å². The highest BCUT2D eigenvalue weighted by Gasteiger charge is 2.57. The second kappa shape index (κ2) is 9.55. The van der Waals surface area contributed by atoms with E-state index < -0.39 is 29.7 Å². The normalized spacial score (nSPS) is 36.6. The summed E-state index contributed by atoms with van der Waals surface area (Å²) < 4.78 is 10.7. The maximum absolute atomic E-state index is 12.4. The molecule has 7 heteroatoms. The topological polar surface area (TPSA) is 105 Å². The van der Waals surface area contributed by atoms with E-state index in [1.807, 2.05) is 19.1 Å². The van der Waals surface area contributed by atoms with Crippen molar-refractivity contribution >= 4 is 17.7 Å². The molecular formula is C27H35NO6. The average molecular weight is 470 g/mol. The molecule has 6 atom stereocenters. The number of anilines is 1. The Morgan fingerprint density at radius 2 is 2.03 bits per heavy atom. The first kappa shape index (κ1) is 24.5. The molecule has 0 aromatic heterocycles. The molecule has 3 N–H and O–H groups in total. The fourth-order valence-electron chi connectivity index (χ4n) is 6.45. The predicted molar refractivity (Wildman–Crippen MR) is 128 cm³/mol. The highest BCUT2D eigenvalue weighted by Crippen LogP contribution is 2.61. The second-order valence-corrected chi connectivity index (χ2v) is 10.4. The smallest absolute Gasteiger partial charge is 0.412 e. The summed E-state index contributed by atoms with van der Waals surface area (Å²) in [7, 11) is 0. The summed E-state index contributed by atoms with van der Waals surface area (Å²) in [5.41, 5.74) is 1.35. The fraction of sp³-hybridized carbons (Fsp3) is 0.556. The summed E-state index contributed by atoms with van der Waals surface area (Å²) >= 11 is 0. The quantitative estimate of drug-likeness (QED) is 0.339. The van der Waals surface area contributed by atoms with Crippen LogP contribution in [0, 0.1) is 22.7 Å². The van der Waals surface area contributed by atoms with Crippen LogP contribution in [0.5, 0.6) is 0 Å². The lowest BCUT2D eigenvalue weighted by atomic mass is 9.46. The van der Waals surface area contributed by atoms with Crippen LogP contribution >= 0.6 is 0 Å². The van der Waals surface area contributed by atoms with Crippen molar-refractivity contribution in [3.63, 3.8) is 0 Å². The van der Waals surface area contributed by atoms with Gasteiger partial charge in [-0.15, -0.1) is 0 Å². The minimum atomic E-state index is -0.771. The maximum atomic E-state index is 12.4. The number of carbonyl (C=O) groups is 2. The van der Waals surface area contributed by atoms with E-state index in [0.717, 1.165) is 24.8 Å². The number of cyclic esters (lactones) is 1. The Morgan fingerprint density at radius 3 is 2.74 bits per heavy atom. The Bertz CT molecular complexity index is 975. The molecule has 4 rings (SSSR count). The number of ether oxygens (including phenoxy) is 2. The van der Waals surface area contributed by atoms with Gasteiger partial charge in [0.15, 0.2) is 6.10 Å². The molecule has 1 heterocycles. The van der Waals surface area contributed by atoms with Crippen molar-refractivity contribution in [2.45, 2.75) is 58.2 Å². The Kier molecular flexibility index (Phi) is 6.87. The van der Waals surface area contributed by atoms with Crippen molar-refractivity contribution in [1.82, 2.24) is 0 Å². The number of nitrogens with one attached hydrogen (secondary N) is 1. The van der Waals surface area contributed by atoms with Crippen LogP contribution < -0.4 is 5.32 Å². The van der Waals surface area contributed by atoms with Gasteiger partial charge in [-0.2, -0.15) is 0 Å². The Morgan fingerprint density at radius 1 is 1.29 bits per heavy atom. The summed E-state index contributed by atoms with van der Waals surface area (Å²) in [5, 5.41) is 23.5. The molecule has 1 aromatic rings. The number of benzene rings is 1. The van der Waals surface area contributed by atoms with Crippen LogP contribution in [0.2, 0.25) is 0 Å². The summed E-state index contributed by atoms with van der Waals surface area (Å²) in [6, 6.07) is 8.96. The Labute approximate surface area is 200 Å². The maximum Gasteiger partial charge on any atom is 0.412 e. The third-order valence-electron chi connectivity index (χ3n) is 8.48. The van der Waals surface area contributed by atoms with E-state index >= 15 is 0 Å². The first-order valence-electron chi connectivity index (χ1n) is 12.1. The number of esters is 1. The zero-order chi connectivity index (χ0) is 24.5. The van der Waals surface area contributed by atoms with Gasteiger partial charge in [-0.1, -0.05) is 50.3 Å². The molecule has 2 aliphatic carbocycles. The van der Waals surface area contributed by atoms with E-state index in [0.29, 0.717) is 24.1 Å². The van der Waals surface area contributed by atoms with Crippen LogP contribution in [0.4, 0.5) is 10.5 Å². The second-order valence-electron chi connectivity index (χ2n) is 10.4. The molecule has 184 valence electrons. The predicted octanol–water partition coefficient (Wildman–Crippen LogP) is 4.22. The lowest BCUT2D eigenvalue weighted by molar-refractivity contribution is -0.151. The van der Waals surface area contributed by atoms with E-state index in [-0.39, 0.29) is 30.5 Å². The van der Waals surface area contributed by atoms with Crippen LogP contribution in [0.15, 0.2) is 54.1 Å². The number of rotatable bonds is 5. The molecule has 1 amide bonds. The number of para-hydroxylation sites is 1. The number of aliphatic hydroxyl groups excluding tert-OH is 2. The summed E-state index contributed by atoms with van der Waals surface area (Å²) in [5.74, 6) is -0.244. The molecule has 34 heavy (non-hydrogen) atoms. The van der Waals surface area contributed by atoms with E-state index in [4.69, 9.17) is 9.47 Å². The Balaban J connectivity index is 1.50. The van der Waals surface area contributed by atoms with E-state index in [1.165, 1.54) is 0 Å². The van der Waals surface area contributed by atoms with Gasteiger partial charge in [0.05, 0.1) is 18.3 Å². The molecule has 0 spiro atoms. The minimum Gasteiger partial charge on any atom is -0.458 e. The number of carbonyl (C=O) groups excluding carboxylic acids is 2. The number of fused-ring (bicyclic) bond motifs is 1. The lowest BCUT2D eigenvalue weighted by Crippen LogP contribution is -2.57. The number of aliphatic hydroxyl groups is 2. The molecule has 7 nitrogen and oxygen atoms in total. The summed E-state index contributed by atoms with van der Waals surface area (Å²) in [6.07, 6.45) is 3.59. The van der Waals surface area contributed by atoms with Gasteiger partial charge in [-0.25, -0.2) is 9.59 Å². The molecule has 1 saturated heterocycles. The van der Waals surface area contributed by atoms with Gasteiger partial charge >= 0.3 is 12.1 Å². The highest BCUT2D eigenvalue weighted by atomic mass is 16.6. The van der Waals surface area contributed by atoms with Gasteiger partial charge in [-0.3, -0.25) is 5.32 Å². The molecule has 3 fully saturated rings. The number of allylic oxidation sites excluding steroid dienone is 2. The van der Waals surface area contributed by atoms with Crippen LogP contribution in [0.25, 0.3) is 0 Å². The molecule has 1 aromatic carbocycles. The average Bonchev–Trinajstić information content (AvgIpc) is 3.15. The highest BCUT2D eigenvalue weighted by molar-refractivity contribution is 5.93. The molecule has 0 radical (unpaired) electrons. The fourth-order valence-corrected chi connectivity index (χ4v) is 6.45. The number of hydrogen-bond donors (Lipinski definition) is 3. The number of hydrogen-bond acceptors (Lipinski definition) is 6. The third-order valence-corrected chi connectivity index (χ3v) is 8.48. The lowest BCUT2D eigenvalue weighted by Gasteiger charge is -2.59. The van der Waals surface area contributed by atoms with Crippen molar-refractivity contribution in [2.75, 3.05) is 18.5 Å². The summed E-state index contributed by atoms with van der Waals surface area (Å²) in [4.78, 5) is 24.8. The molecule has 2 saturated carbocycles. The van der Waals surface area contributed by atoms with Crippen LogP contribution in [-0.4, -0.2) is 47.7 Å². The van der Waals surface area contributed by atoms with Crippen LogP contribution in [0.1, 0.15) is 46.0 Å². The first-order valence-corrected chi connectivity index (χ1v) is 12.1. The van der Waals surface area contributed by atoms with Crippen molar-refractivity contribution in [3.05, 3.63) is 54.1 Å². The summed E-state index contributed by atoms with van der Waals surface area (Å²) in [6.45, 7) is 8.47. The van der Waals surface area contributed by atoms with Gasteiger partial charge < -0.3 is 19.7 Å². The minimum absolute atomic E-state index is 0.00679. The first-order chi connectivity index (χ1) is 16.2. The number of amides is 1. The monoisotopic (exact) mass is 469 g/mol. The van der Waals surface area contributed by atoms with Crippen LogP contribution in [0.3, 0.4) is 0 Å². The molecule has 3 aliphatic rings. The van der Waals surface area contributed by atoms with E-state index in [1.54, 1.807) is 24.3 Å². The third kappa shape index (κ3) is 4.39. The molecule has 0 bridgehead atoms. The standard InChI is InChI=1S/C27H35NO6/c1-17-9-12-22-26(2,14-13-23(30)27(22,3)16-29)20(17)11-10-19-21(15-33-24(19)31)34-25(32)28-18-7-5-4-6-8-18/h4-8,10,20-23,29-30H,1,9,11-16H2,2-3H3,(H,28,32)/b19-10+/t20-,21-,22+,23-,26+,27+/m1/s1. The molecular weight excluding hydrogens is 434 g/mol. The van der Waals surface area contributed by atoms with Crippen molar-refractivity contribution in [3.8, 4) is 0 Å². The molecule has 0 unspecified atom stereocenters. The SMILES string of the molecule is C=C1CC[C@@H]2[C@](C)(CO)[C@H](O)CC[C@@]2(C)[C@@H]1C/C=C1/C(=O)OC[C@H]1OC(=O)Nc1ccccc1. The van der Waals surface area contributed by atoms with E-state index in [9.17, 15) is 19.8 Å². The van der Waals surface area contributed by atoms with Crippen molar-refractivity contribution < 1.29 is 29.3 Å². The zero-order valence-electron chi connectivity index (χ0n) is 20.0. The Hall–Kier alpha value is -2.64. The van der Waals surface area contributed by atoms with Gasteiger partial charge in [-0.05, 0) is 61.5 Å². The van der Waals surface area contributed by atoms with Gasteiger partial charge in [0.25, 0.3) is 0 Å².